The molecule has 0 saturated heterocycles. The van der Waals surface area contributed by atoms with E-state index in [2.05, 4.69) is 40.1 Å². The number of benzene rings is 2. The van der Waals surface area contributed by atoms with Crippen LogP contribution < -0.4 is 9.80 Å². The van der Waals surface area contributed by atoms with E-state index in [1.165, 1.54) is 10.5 Å². The largest absolute Gasteiger partial charge is 0.451 e. The number of furan rings is 1. The second-order valence-corrected chi connectivity index (χ2v) is 8.77. The minimum atomic E-state index is -0.135. The maximum absolute atomic E-state index is 13.4. The van der Waals surface area contributed by atoms with Crippen LogP contribution >= 0.6 is 11.3 Å². The third-order valence-corrected chi connectivity index (χ3v) is 6.32. The van der Waals surface area contributed by atoms with Crippen LogP contribution in [0.5, 0.6) is 0 Å². The van der Waals surface area contributed by atoms with Crippen molar-refractivity contribution in [3.8, 4) is 0 Å². The van der Waals surface area contributed by atoms with Crippen LogP contribution in [-0.2, 0) is 0 Å². The number of carbonyl (C=O) groups is 1. The van der Waals surface area contributed by atoms with Gasteiger partial charge in [-0.05, 0) is 37.1 Å². The lowest BCUT2D eigenvalue weighted by atomic mass is 10.1. The molecule has 0 radical (unpaired) electrons. The molecule has 0 bridgehead atoms. The van der Waals surface area contributed by atoms with E-state index in [1.54, 1.807) is 16.2 Å². The molecule has 4 rings (SSSR count). The highest BCUT2D eigenvalue weighted by Crippen LogP contribution is 2.34. The van der Waals surface area contributed by atoms with Gasteiger partial charge in [0.25, 0.3) is 5.91 Å². The molecule has 2 heterocycles. The number of aryl methyl sites for hydroxylation is 2. The second-order valence-electron chi connectivity index (χ2n) is 7.79. The Labute approximate surface area is 174 Å². The Morgan fingerprint density at radius 3 is 2.62 bits per heavy atom. The molecule has 0 aliphatic rings. The number of aromatic nitrogens is 1. The van der Waals surface area contributed by atoms with Crippen molar-refractivity contribution in [3.63, 3.8) is 0 Å². The summed E-state index contributed by atoms with van der Waals surface area (Å²) in [6, 6.07) is 13.7. The number of thiazole rings is 1. The van der Waals surface area contributed by atoms with Crippen molar-refractivity contribution in [1.29, 1.82) is 0 Å². The summed E-state index contributed by atoms with van der Waals surface area (Å²) < 4.78 is 7.00. The Morgan fingerprint density at radius 1 is 1.14 bits per heavy atom. The minimum Gasteiger partial charge on any atom is -0.451 e. The molecule has 1 N–H and O–H groups in total. The lowest BCUT2D eigenvalue weighted by Crippen LogP contribution is -3.05. The van der Waals surface area contributed by atoms with Gasteiger partial charge in [-0.25, -0.2) is 4.98 Å². The third kappa shape index (κ3) is 3.91. The lowest BCUT2D eigenvalue weighted by molar-refractivity contribution is -0.858. The predicted octanol–water partition coefficient (Wildman–Crippen LogP) is 3.84. The topological polar surface area (TPSA) is 50.8 Å². The molecule has 150 valence electrons. The molecule has 2 aromatic heterocycles. The van der Waals surface area contributed by atoms with Crippen LogP contribution in [0.3, 0.4) is 0 Å². The Bertz CT molecular complexity index is 1100. The molecular weight excluding hydrogens is 382 g/mol. The number of nitrogens with zero attached hydrogens (tertiary/aromatic N) is 2. The van der Waals surface area contributed by atoms with Gasteiger partial charge in [0.05, 0.1) is 30.9 Å². The van der Waals surface area contributed by atoms with Gasteiger partial charge < -0.3 is 9.32 Å². The molecule has 29 heavy (non-hydrogen) atoms. The Hall–Kier alpha value is -2.70. The molecule has 0 aliphatic carbocycles. The van der Waals surface area contributed by atoms with E-state index in [0.29, 0.717) is 12.3 Å². The number of quaternary nitrogens is 1. The van der Waals surface area contributed by atoms with Gasteiger partial charge in [-0.15, -0.1) is 0 Å². The summed E-state index contributed by atoms with van der Waals surface area (Å²) in [5, 5.41) is 1.67. The Balaban J connectivity index is 1.73. The van der Waals surface area contributed by atoms with Crippen molar-refractivity contribution in [2.75, 3.05) is 32.1 Å². The highest BCUT2D eigenvalue weighted by atomic mass is 32.1. The van der Waals surface area contributed by atoms with Gasteiger partial charge in [0, 0.05) is 18.4 Å². The van der Waals surface area contributed by atoms with E-state index in [1.807, 2.05) is 30.3 Å². The first-order chi connectivity index (χ1) is 13.9. The zero-order valence-corrected chi connectivity index (χ0v) is 18.1. The average Bonchev–Trinajstić information content (AvgIpc) is 3.32. The molecule has 0 atom stereocenters. The first kappa shape index (κ1) is 19.6. The van der Waals surface area contributed by atoms with E-state index in [4.69, 9.17) is 9.40 Å². The number of rotatable bonds is 6. The molecule has 5 nitrogen and oxygen atoms in total. The van der Waals surface area contributed by atoms with E-state index < -0.39 is 0 Å². The number of nitrogens with one attached hydrogen (secondary N) is 1. The predicted molar refractivity (Wildman–Crippen MR) is 119 cm³/mol. The summed E-state index contributed by atoms with van der Waals surface area (Å²) in [7, 11) is 4.24. The standard InChI is InChI=1S/C23H25N3O2S/c1-15-10-11-16(2)21-20(15)24-23(29-21)26(13-7-12-25(3)4)22(27)19-14-17-8-5-6-9-18(17)28-19/h5-6,8-11,14H,7,12-13H2,1-4H3/p+1. The van der Waals surface area contributed by atoms with Crippen molar-refractivity contribution in [2.45, 2.75) is 20.3 Å². The minimum absolute atomic E-state index is 0.135. The molecule has 0 fully saturated rings. The summed E-state index contributed by atoms with van der Waals surface area (Å²) in [5.74, 6) is 0.223. The monoisotopic (exact) mass is 408 g/mol. The summed E-state index contributed by atoms with van der Waals surface area (Å²) in [6.07, 6.45) is 0.891. The number of hydrogen-bond donors (Lipinski definition) is 1. The summed E-state index contributed by atoms with van der Waals surface area (Å²) >= 11 is 1.58. The smallest absolute Gasteiger partial charge is 0.295 e. The van der Waals surface area contributed by atoms with Gasteiger partial charge in [-0.3, -0.25) is 9.69 Å². The fraction of sp³-hybridized carbons (Fsp3) is 0.304. The summed E-state index contributed by atoms with van der Waals surface area (Å²) in [6.45, 7) is 5.74. The van der Waals surface area contributed by atoms with Crippen molar-refractivity contribution < 1.29 is 14.1 Å². The molecule has 0 unspecified atom stereocenters. The van der Waals surface area contributed by atoms with E-state index >= 15 is 0 Å². The number of fused-ring (bicyclic) bond motifs is 2. The maximum atomic E-state index is 13.4. The Morgan fingerprint density at radius 2 is 1.90 bits per heavy atom. The van der Waals surface area contributed by atoms with Crippen LogP contribution in [0.25, 0.3) is 21.2 Å². The van der Waals surface area contributed by atoms with Crippen molar-refractivity contribution in [1.82, 2.24) is 4.98 Å². The van der Waals surface area contributed by atoms with Crippen molar-refractivity contribution in [3.05, 3.63) is 59.4 Å². The van der Waals surface area contributed by atoms with E-state index in [9.17, 15) is 4.79 Å². The zero-order chi connectivity index (χ0) is 20.5. The highest BCUT2D eigenvalue weighted by Gasteiger charge is 2.25. The Kier molecular flexibility index (Phi) is 5.39. The summed E-state index contributed by atoms with van der Waals surface area (Å²) in [4.78, 5) is 21.4. The average molecular weight is 409 g/mol. The maximum Gasteiger partial charge on any atom is 0.295 e. The fourth-order valence-electron chi connectivity index (χ4n) is 3.46. The van der Waals surface area contributed by atoms with Gasteiger partial charge >= 0.3 is 0 Å². The number of amides is 1. The molecule has 0 aliphatic heterocycles. The quantitative estimate of drug-likeness (QED) is 0.527. The van der Waals surface area contributed by atoms with Crippen LogP contribution in [0, 0.1) is 13.8 Å². The van der Waals surface area contributed by atoms with Crippen LogP contribution in [0.2, 0.25) is 0 Å². The first-order valence-electron chi connectivity index (χ1n) is 9.90. The molecule has 1 amide bonds. The number of para-hydroxylation sites is 1. The van der Waals surface area contributed by atoms with Gasteiger partial charge in [0.1, 0.15) is 5.58 Å². The summed E-state index contributed by atoms with van der Waals surface area (Å²) in [5.41, 5.74) is 4.01. The normalized spacial score (nSPS) is 11.6. The van der Waals surface area contributed by atoms with Crippen LogP contribution in [0.15, 0.2) is 46.9 Å². The highest BCUT2D eigenvalue weighted by molar-refractivity contribution is 7.22. The van der Waals surface area contributed by atoms with Crippen molar-refractivity contribution in [2.24, 2.45) is 0 Å². The van der Waals surface area contributed by atoms with E-state index in [-0.39, 0.29) is 5.91 Å². The third-order valence-electron chi connectivity index (χ3n) is 5.10. The van der Waals surface area contributed by atoms with Gasteiger partial charge in [-0.1, -0.05) is 41.7 Å². The first-order valence-corrected chi connectivity index (χ1v) is 10.7. The van der Waals surface area contributed by atoms with Crippen molar-refractivity contribution >= 4 is 43.6 Å². The zero-order valence-electron chi connectivity index (χ0n) is 17.3. The van der Waals surface area contributed by atoms with Gasteiger partial charge in [0.2, 0.25) is 0 Å². The number of carbonyl (C=O) groups excluding carboxylic acids is 1. The molecular formula is C23H26N3O2S+. The van der Waals surface area contributed by atoms with Crippen LogP contribution in [0.1, 0.15) is 28.1 Å². The molecule has 6 heteroatoms. The van der Waals surface area contributed by atoms with Crippen LogP contribution in [-0.4, -0.2) is 38.1 Å². The fourth-order valence-corrected chi connectivity index (χ4v) is 4.59. The van der Waals surface area contributed by atoms with Crippen LogP contribution in [0.4, 0.5) is 5.13 Å². The lowest BCUT2D eigenvalue weighted by Gasteiger charge is -2.19. The SMILES string of the molecule is Cc1ccc(C)c2sc(N(CCC[NH+](C)C)C(=O)c3cc4ccccc4o3)nc12. The number of anilines is 1. The molecule has 0 spiro atoms. The van der Waals surface area contributed by atoms with Gasteiger partial charge in [0.15, 0.2) is 10.9 Å². The molecule has 4 aromatic rings. The number of hydrogen-bond acceptors (Lipinski definition) is 4. The van der Waals surface area contributed by atoms with E-state index in [0.717, 1.165) is 44.8 Å². The molecule has 2 aromatic carbocycles. The molecule has 0 saturated carbocycles. The van der Waals surface area contributed by atoms with Gasteiger partial charge in [-0.2, -0.15) is 0 Å². The second kappa shape index (κ2) is 7.97.